The molecule has 2 amide bonds. The summed E-state index contributed by atoms with van der Waals surface area (Å²) >= 11 is 0. The van der Waals surface area contributed by atoms with E-state index in [9.17, 15) is 9.59 Å². The van der Waals surface area contributed by atoms with Crippen LogP contribution in [0.1, 0.15) is 30.0 Å². The van der Waals surface area contributed by atoms with Crippen LogP contribution in [0.4, 0.5) is 0 Å². The molecule has 1 saturated heterocycles. The molecule has 0 saturated carbocycles. The maximum absolute atomic E-state index is 12.2. The van der Waals surface area contributed by atoms with Gasteiger partial charge in [-0.05, 0) is 31.4 Å². The molecule has 1 unspecified atom stereocenters. The third-order valence-electron chi connectivity index (χ3n) is 3.55. The van der Waals surface area contributed by atoms with Crippen LogP contribution in [0, 0.1) is 13.8 Å². The second-order valence-corrected chi connectivity index (χ2v) is 5.15. The quantitative estimate of drug-likeness (QED) is 0.896. The maximum Gasteiger partial charge on any atom is 0.245 e. The molecule has 0 aliphatic carbocycles. The zero-order valence-electron chi connectivity index (χ0n) is 11.7. The van der Waals surface area contributed by atoms with Crippen molar-refractivity contribution in [3.63, 3.8) is 0 Å². The van der Waals surface area contributed by atoms with E-state index in [0.717, 1.165) is 11.1 Å². The van der Waals surface area contributed by atoms with Gasteiger partial charge in [0.2, 0.25) is 11.8 Å². The molecule has 1 aliphatic rings. The van der Waals surface area contributed by atoms with Crippen molar-refractivity contribution in [1.29, 1.82) is 0 Å². The summed E-state index contributed by atoms with van der Waals surface area (Å²) in [5.74, 6) is -0.0558. The van der Waals surface area contributed by atoms with Crippen molar-refractivity contribution in [3.8, 4) is 0 Å². The largest absolute Gasteiger partial charge is 0.343 e. The fraction of sp³-hybridized carbons (Fsp3) is 0.467. The van der Waals surface area contributed by atoms with Crippen molar-refractivity contribution in [3.05, 3.63) is 34.9 Å². The summed E-state index contributed by atoms with van der Waals surface area (Å²) in [5, 5.41) is 2.73. The van der Waals surface area contributed by atoms with E-state index in [1.807, 2.05) is 20.8 Å². The lowest BCUT2D eigenvalue weighted by Gasteiger charge is -2.32. The number of carbonyl (C=O) groups excluding carboxylic acids is 2. The van der Waals surface area contributed by atoms with E-state index in [1.54, 1.807) is 4.90 Å². The minimum absolute atomic E-state index is 0.0167. The highest BCUT2D eigenvalue weighted by Crippen LogP contribution is 2.16. The van der Waals surface area contributed by atoms with E-state index in [4.69, 9.17) is 0 Å². The predicted molar refractivity (Wildman–Crippen MR) is 73.6 cm³/mol. The minimum atomic E-state index is -0.369. The smallest absolute Gasteiger partial charge is 0.245 e. The number of amides is 2. The van der Waals surface area contributed by atoms with Crippen LogP contribution in [0.25, 0.3) is 0 Å². The van der Waals surface area contributed by atoms with E-state index in [-0.39, 0.29) is 24.4 Å². The molecule has 4 heteroatoms. The monoisotopic (exact) mass is 260 g/mol. The molecule has 1 heterocycles. The van der Waals surface area contributed by atoms with Gasteiger partial charge in [-0.2, -0.15) is 0 Å². The van der Waals surface area contributed by atoms with Gasteiger partial charge < -0.3 is 10.2 Å². The third kappa shape index (κ3) is 2.95. The highest BCUT2D eigenvalue weighted by Gasteiger charge is 2.31. The number of hydrogen-bond acceptors (Lipinski definition) is 2. The highest BCUT2D eigenvalue weighted by molar-refractivity contribution is 5.94. The molecule has 0 bridgehead atoms. The fourth-order valence-electron chi connectivity index (χ4n) is 2.36. The van der Waals surface area contributed by atoms with E-state index < -0.39 is 0 Å². The molecule has 102 valence electrons. The zero-order chi connectivity index (χ0) is 14.0. The number of nitrogens with zero attached hydrogens (tertiary/aromatic N) is 1. The summed E-state index contributed by atoms with van der Waals surface area (Å²) in [5.41, 5.74) is 3.43. The average Bonchev–Trinajstić information content (AvgIpc) is 2.37. The fourth-order valence-corrected chi connectivity index (χ4v) is 2.36. The van der Waals surface area contributed by atoms with E-state index >= 15 is 0 Å². The molecule has 0 radical (unpaired) electrons. The van der Waals surface area contributed by atoms with Gasteiger partial charge in [-0.1, -0.05) is 30.7 Å². The van der Waals surface area contributed by atoms with Crippen molar-refractivity contribution in [2.75, 3.05) is 6.54 Å². The summed E-state index contributed by atoms with van der Waals surface area (Å²) in [6, 6.07) is 5.82. The zero-order valence-corrected chi connectivity index (χ0v) is 11.7. The van der Waals surface area contributed by atoms with Crippen molar-refractivity contribution < 1.29 is 9.59 Å². The van der Waals surface area contributed by atoms with E-state index in [2.05, 4.69) is 23.5 Å². The van der Waals surface area contributed by atoms with Gasteiger partial charge in [0.15, 0.2) is 0 Å². The molecule has 0 aromatic heterocycles. The van der Waals surface area contributed by atoms with Gasteiger partial charge in [0.05, 0.1) is 6.54 Å². The first-order chi connectivity index (χ1) is 9.01. The molecule has 1 atom stereocenters. The first-order valence-electron chi connectivity index (χ1n) is 6.65. The Labute approximate surface area is 113 Å². The van der Waals surface area contributed by atoms with Crippen molar-refractivity contribution in [1.82, 2.24) is 10.2 Å². The Morgan fingerprint density at radius 3 is 2.74 bits per heavy atom. The third-order valence-corrected chi connectivity index (χ3v) is 3.55. The van der Waals surface area contributed by atoms with Crippen molar-refractivity contribution in [2.24, 2.45) is 0 Å². The molecule has 1 aliphatic heterocycles. The van der Waals surface area contributed by atoms with Crippen LogP contribution in [0.15, 0.2) is 18.2 Å². The van der Waals surface area contributed by atoms with E-state index in [0.29, 0.717) is 13.0 Å². The summed E-state index contributed by atoms with van der Waals surface area (Å²) in [7, 11) is 0. The Hall–Kier alpha value is -1.84. The lowest BCUT2D eigenvalue weighted by Crippen LogP contribution is -2.57. The van der Waals surface area contributed by atoms with Crippen LogP contribution >= 0.6 is 0 Å². The standard InChI is InChI=1S/C15H20N2O2/c1-4-13-15(19)17(9-14(18)16-13)8-12-7-10(2)5-6-11(12)3/h5-7,13H,4,8-9H2,1-3H3,(H,16,18). The number of carbonyl (C=O) groups is 2. The molecule has 19 heavy (non-hydrogen) atoms. The van der Waals surface area contributed by atoms with Gasteiger partial charge >= 0.3 is 0 Å². The SMILES string of the molecule is CCC1NC(=O)CN(Cc2cc(C)ccc2C)C1=O. The Balaban J connectivity index is 2.19. The van der Waals surface area contributed by atoms with Crippen molar-refractivity contribution in [2.45, 2.75) is 39.8 Å². The lowest BCUT2D eigenvalue weighted by molar-refractivity contribution is -0.144. The Kier molecular flexibility index (Phi) is 3.88. The number of nitrogens with one attached hydrogen (secondary N) is 1. The second-order valence-electron chi connectivity index (χ2n) is 5.15. The Bertz CT molecular complexity index is 511. The molecular weight excluding hydrogens is 240 g/mol. The number of aryl methyl sites for hydroxylation is 2. The van der Waals surface area contributed by atoms with Gasteiger partial charge in [0.25, 0.3) is 0 Å². The van der Waals surface area contributed by atoms with Crippen LogP contribution in [0.2, 0.25) is 0 Å². The average molecular weight is 260 g/mol. The Morgan fingerprint density at radius 1 is 1.32 bits per heavy atom. The van der Waals surface area contributed by atoms with Gasteiger partial charge in [0.1, 0.15) is 6.04 Å². The van der Waals surface area contributed by atoms with Gasteiger partial charge in [0, 0.05) is 6.54 Å². The van der Waals surface area contributed by atoms with Crippen LogP contribution in [-0.4, -0.2) is 29.3 Å². The molecule has 4 nitrogen and oxygen atoms in total. The summed E-state index contributed by atoms with van der Waals surface area (Å²) in [6.45, 7) is 6.63. The minimum Gasteiger partial charge on any atom is -0.343 e. The molecule has 0 spiro atoms. The van der Waals surface area contributed by atoms with Crippen LogP contribution < -0.4 is 5.32 Å². The van der Waals surface area contributed by atoms with Gasteiger partial charge in [-0.15, -0.1) is 0 Å². The maximum atomic E-state index is 12.2. The highest BCUT2D eigenvalue weighted by atomic mass is 16.2. The molecule has 1 N–H and O–H groups in total. The van der Waals surface area contributed by atoms with Gasteiger partial charge in [-0.3, -0.25) is 9.59 Å². The van der Waals surface area contributed by atoms with Crippen LogP contribution in [0.3, 0.4) is 0 Å². The number of hydrogen-bond donors (Lipinski definition) is 1. The van der Waals surface area contributed by atoms with Gasteiger partial charge in [-0.25, -0.2) is 0 Å². The lowest BCUT2D eigenvalue weighted by atomic mass is 10.0. The summed E-state index contributed by atoms with van der Waals surface area (Å²) < 4.78 is 0. The topological polar surface area (TPSA) is 49.4 Å². The van der Waals surface area contributed by atoms with Crippen LogP contribution in [0.5, 0.6) is 0 Å². The summed E-state index contributed by atoms with van der Waals surface area (Å²) in [4.78, 5) is 25.5. The predicted octanol–water partition coefficient (Wildman–Crippen LogP) is 1.54. The molecule has 1 aromatic carbocycles. The first-order valence-corrected chi connectivity index (χ1v) is 6.65. The molecule has 1 fully saturated rings. The second kappa shape index (κ2) is 5.43. The number of benzene rings is 1. The summed E-state index contributed by atoms with van der Waals surface area (Å²) in [6.07, 6.45) is 0.633. The van der Waals surface area contributed by atoms with Crippen LogP contribution in [-0.2, 0) is 16.1 Å². The number of rotatable bonds is 3. The Morgan fingerprint density at radius 2 is 2.05 bits per heavy atom. The molecule has 2 rings (SSSR count). The molecular formula is C15H20N2O2. The first kappa shape index (κ1) is 13.6. The van der Waals surface area contributed by atoms with E-state index in [1.165, 1.54) is 5.56 Å². The number of piperazine rings is 1. The normalized spacial score (nSPS) is 19.5. The van der Waals surface area contributed by atoms with Crippen molar-refractivity contribution >= 4 is 11.8 Å². The molecule has 1 aromatic rings.